The lowest BCUT2D eigenvalue weighted by Crippen LogP contribution is -2.24. The number of nitrogens with one attached hydrogen (secondary N) is 1. The number of rotatable bonds is 5. The highest BCUT2D eigenvalue weighted by atomic mass is 35.5. The molecule has 3 aromatic rings. The third-order valence-electron chi connectivity index (χ3n) is 4.09. The summed E-state index contributed by atoms with van der Waals surface area (Å²) < 4.78 is 13.5. The van der Waals surface area contributed by atoms with Crippen molar-refractivity contribution in [2.24, 2.45) is 0 Å². The Bertz CT molecular complexity index is 1070. The fourth-order valence-electron chi connectivity index (χ4n) is 2.83. The molecule has 0 atom stereocenters. The number of aromatic nitrogens is 2. The summed E-state index contributed by atoms with van der Waals surface area (Å²) in [4.78, 5) is 34.4. The summed E-state index contributed by atoms with van der Waals surface area (Å²) in [6.45, 7) is 3.25. The van der Waals surface area contributed by atoms with Crippen LogP contribution in [0.5, 0.6) is 0 Å². The summed E-state index contributed by atoms with van der Waals surface area (Å²) in [5.74, 6) is -0.834. The summed E-state index contributed by atoms with van der Waals surface area (Å²) in [6.07, 6.45) is 3.01. The predicted molar refractivity (Wildman–Crippen MR) is 110 cm³/mol. The van der Waals surface area contributed by atoms with Crippen molar-refractivity contribution < 1.29 is 14.0 Å². The third-order valence-corrected chi connectivity index (χ3v) is 4.52. The number of carbonyl (C=O) groups is 2. The van der Waals surface area contributed by atoms with Gasteiger partial charge in [0.15, 0.2) is 0 Å². The van der Waals surface area contributed by atoms with Crippen molar-refractivity contribution in [3.05, 3.63) is 77.0 Å². The number of nitrogens with zero attached hydrogens (tertiary/aromatic N) is 3. The second-order valence-electron chi connectivity index (χ2n) is 6.35. The van der Waals surface area contributed by atoms with E-state index in [0.717, 1.165) is 5.69 Å². The molecule has 0 radical (unpaired) electrons. The molecule has 29 heavy (non-hydrogen) atoms. The number of carbonyl (C=O) groups excluding carboxylic acids is 2. The van der Waals surface area contributed by atoms with E-state index in [0.29, 0.717) is 22.8 Å². The van der Waals surface area contributed by atoms with Crippen molar-refractivity contribution in [1.82, 2.24) is 9.97 Å². The molecule has 0 aliphatic rings. The van der Waals surface area contributed by atoms with Crippen molar-refractivity contribution in [3.8, 4) is 0 Å². The smallest absolute Gasteiger partial charge is 0.229 e. The van der Waals surface area contributed by atoms with Gasteiger partial charge >= 0.3 is 0 Å². The highest BCUT2D eigenvalue weighted by Crippen LogP contribution is 2.26. The lowest BCUT2D eigenvalue weighted by Gasteiger charge is -2.21. The van der Waals surface area contributed by atoms with Crippen LogP contribution in [0.25, 0.3) is 0 Å². The molecule has 0 bridgehead atoms. The van der Waals surface area contributed by atoms with Crippen LogP contribution in [-0.2, 0) is 16.0 Å². The minimum absolute atomic E-state index is 0.0751. The lowest BCUT2D eigenvalue weighted by molar-refractivity contribution is -0.116. The highest BCUT2D eigenvalue weighted by molar-refractivity contribution is 6.31. The molecule has 2 heterocycles. The molecule has 1 N–H and O–H groups in total. The number of halogens is 2. The first-order valence-electron chi connectivity index (χ1n) is 8.77. The van der Waals surface area contributed by atoms with Crippen LogP contribution in [0, 0.1) is 12.7 Å². The standard InChI is InChI=1S/C21H18ClFN4O2/c1-13-10-17(7-9-24-13)27(14(2)28)19-12-16(6-8-25-19)26-20(29)11-15-4-3-5-18(23)21(15)22/h3-10,12H,11H2,1-2H3,(H,25,26,29). The summed E-state index contributed by atoms with van der Waals surface area (Å²) in [6, 6.07) is 11.0. The van der Waals surface area contributed by atoms with E-state index in [9.17, 15) is 14.0 Å². The first kappa shape index (κ1) is 20.4. The third kappa shape index (κ3) is 4.94. The Labute approximate surface area is 172 Å². The maximum absolute atomic E-state index is 13.5. The van der Waals surface area contributed by atoms with Crippen LogP contribution in [0.1, 0.15) is 18.2 Å². The Kier molecular flexibility index (Phi) is 6.19. The van der Waals surface area contributed by atoms with Gasteiger partial charge in [-0.2, -0.15) is 0 Å². The number of amides is 2. The van der Waals surface area contributed by atoms with Gasteiger partial charge in [-0.3, -0.25) is 19.5 Å². The van der Waals surface area contributed by atoms with Crippen LogP contribution in [0.3, 0.4) is 0 Å². The van der Waals surface area contributed by atoms with Gasteiger partial charge in [-0.15, -0.1) is 0 Å². The number of hydrogen-bond donors (Lipinski definition) is 1. The van der Waals surface area contributed by atoms with Crippen LogP contribution in [-0.4, -0.2) is 21.8 Å². The van der Waals surface area contributed by atoms with Crippen LogP contribution >= 0.6 is 11.6 Å². The minimum Gasteiger partial charge on any atom is -0.326 e. The second-order valence-corrected chi connectivity index (χ2v) is 6.73. The Hall–Kier alpha value is -3.32. The number of aryl methyl sites for hydroxylation is 1. The van der Waals surface area contributed by atoms with E-state index in [-0.39, 0.29) is 23.3 Å². The molecule has 6 nitrogen and oxygen atoms in total. The molecule has 0 saturated carbocycles. The summed E-state index contributed by atoms with van der Waals surface area (Å²) in [5, 5.41) is 2.65. The van der Waals surface area contributed by atoms with E-state index in [1.54, 1.807) is 36.5 Å². The number of benzene rings is 1. The van der Waals surface area contributed by atoms with Gasteiger partial charge in [0.2, 0.25) is 11.8 Å². The van der Waals surface area contributed by atoms with E-state index in [1.165, 1.54) is 30.2 Å². The molecule has 2 amide bonds. The quantitative estimate of drug-likeness (QED) is 0.672. The van der Waals surface area contributed by atoms with Crippen LogP contribution in [0.2, 0.25) is 5.02 Å². The van der Waals surface area contributed by atoms with E-state index in [4.69, 9.17) is 11.6 Å². The number of hydrogen-bond acceptors (Lipinski definition) is 4. The molecule has 0 fully saturated rings. The van der Waals surface area contributed by atoms with Crippen molar-refractivity contribution in [3.63, 3.8) is 0 Å². The van der Waals surface area contributed by atoms with Crippen LogP contribution in [0.15, 0.2) is 54.9 Å². The Morgan fingerprint density at radius 2 is 1.90 bits per heavy atom. The van der Waals surface area contributed by atoms with Crippen molar-refractivity contribution in [2.45, 2.75) is 20.3 Å². The zero-order valence-electron chi connectivity index (χ0n) is 15.8. The average Bonchev–Trinajstić information content (AvgIpc) is 2.66. The van der Waals surface area contributed by atoms with Crippen molar-refractivity contribution >= 4 is 40.6 Å². The van der Waals surface area contributed by atoms with Crippen LogP contribution in [0.4, 0.5) is 21.6 Å². The monoisotopic (exact) mass is 412 g/mol. The maximum atomic E-state index is 13.5. The largest absolute Gasteiger partial charge is 0.326 e. The first-order chi connectivity index (χ1) is 13.8. The number of anilines is 3. The van der Waals surface area contributed by atoms with Gasteiger partial charge in [-0.05, 0) is 36.8 Å². The molecular formula is C21H18ClFN4O2. The summed E-state index contributed by atoms with van der Waals surface area (Å²) in [5.41, 5.74) is 2.21. The van der Waals surface area contributed by atoms with Gasteiger partial charge in [-0.1, -0.05) is 23.7 Å². The van der Waals surface area contributed by atoms with Crippen LogP contribution < -0.4 is 10.2 Å². The van der Waals surface area contributed by atoms with E-state index >= 15 is 0 Å². The Morgan fingerprint density at radius 3 is 2.62 bits per heavy atom. The fourth-order valence-corrected chi connectivity index (χ4v) is 3.02. The maximum Gasteiger partial charge on any atom is 0.229 e. The van der Waals surface area contributed by atoms with E-state index in [2.05, 4.69) is 15.3 Å². The topological polar surface area (TPSA) is 75.2 Å². The SMILES string of the molecule is CC(=O)N(c1ccnc(C)c1)c1cc(NC(=O)Cc2cccc(F)c2Cl)ccn1. The zero-order valence-corrected chi connectivity index (χ0v) is 16.6. The fraction of sp³-hybridized carbons (Fsp3) is 0.143. The van der Waals surface area contributed by atoms with Crippen molar-refractivity contribution in [2.75, 3.05) is 10.2 Å². The molecule has 0 unspecified atom stereocenters. The molecule has 3 rings (SSSR count). The van der Waals surface area contributed by atoms with Gasteiger partial charge in [0, 0.05) is 36.8 Å². The first-order valence-corrected chi connectivity index (χ1v) is 9.15. The average molecular weight is 413 g/mol. The molecule has 0 aliphatic carbocycles. The zero-order chi connectivity index (χ0) is 21.0. The normalized spacial score (nSPS) is 10.5. The molecule has 8 heteroatoms. The molecular weight excluding hydrogens is 395 g/mol. The minimum atomic E-state index is -0.576. The molecule has 0 spiro atoms. The summed E-state index contributed by atoms with van der Waals surface area (Å²) in [7, 11) is 0. The van der Waals surface area contributed by atoms with Gasteiger partial charge in [0.25, 0.3) is 0 Å². The predicted octanol–water partition coefficient (Wildman–Crippen LogP) is 4.44. The molecule has 0 saturated heterocycles. The van der Waals surface area contributed by atoms with Crippen molar-refractivity contribution in [1.29, 1.82) is 0 Å². The van der Waals surface area contributed by atoms with Gasteiger partial charge in [0.05, 0.1) is 17.1 Å². The molecule has 0 aliphatic heterocycles. The Balaban J connectivity index is 1.82. The van der Waals surface area contributed by atoms with Gasteiger partial charge in [-0.25, -0.2) is 9.37 Å². The lowest BCUT2D eigenvalue weighted by atomic mass is 10.1. The molecule has 2 aromatic heterocycles. The van der Waals surface area contributed by atoms with E-state index < -0.39 is 5.82 Å². The van der Waals surface area contributed by atoms with E-state index in [1.807, 2.05) is 6.92 Å². The van der Waals surface area contributed by atoms with Gasteiger partial charge in [0.1, 0.15) is 11.6 Å². The Morgan fingerprint density at radius 1 is 1.14 bits per heavy atom. The summed E-state index contributed by atoms with van der Waals surface area (Å²) >= 11 is 5.91. The number of pyridine rings is 2. The van der Waals surface area contributed by atoms with Gasteiger partial charge < -0.3 is 5.32 Å². The highest BCUT2D eigenvalue weighted by Gasteiger charge is 2.17. The molecule has 1 aromatic carbocycles. The molecule has 148 valence electrons. The second kappa shape index (κ2) is 8.79.